The summed E-state index contributed by atoms with van der Waals surface area (Å²) in [5.74, 6) is -1.26. The van der Waals surface area contributed by atoms with Crippen LogP contribution < -0.4 is 10.1 Å². The molecule has 3 rings (SSSR count). The van der Waals surface area contributed by atoms with Crippen LogP contribution in [-0.2, 0) is 9.53 Å². The molecule has 22 heavy (non-hydrogen) atoms. The fourth-order valence-electron chi connectivity index (χ4n) is 2.10. The van der Waals surface area contributed by atoms with Crippen LogP contribution in [0.1, 0.15) is 17.3 Å². The zero-order valence-electron chi connectivity index (χ0n) is 11.6. The van der Waals surface area contributed by atoms with Crippen LogP contribution in [0.2, 0.25) is 0 Å². The predicted molar refractivity (Wildman–Crippen MR) is 73.6 cm³/mol. The molecule has 0 saturated heterocycles. The molecule has 1 aromatic carbocycles. The lowest BCUT2D eigenvalue weighted by Gasteiger charge is -2.18. The van der Waals surface area contributed by atoms with E-state index >= 15 is 0 Å². The average Bonchev–Trinajstić information content (AvgIpc) is 2.87. The molecule has 0 aliphatic carbocycles. The average molecular weight is 305 g/mol. The smallest absolute Gasteiger partial charge is 0.343 e. The van der Waals surface area contributed by atoms with Crippen molar-refractivity contribution < 1.29 is 23.5 Å². The van der Waals surface area contributed by atoms with Gasteiger partial charge in [-0.05, 0) is 19.1 Å². The third-order valence-electron chi connectivity index (χ3n) is 3.03. The number of hydrogen-bond acceptors (Lipinski definition) is 5. The number of nitrogens with zero attached hydrogens (tertiary/aromatic N) is 2. The maximum atomic E-state index is 13.4. The molecule has 0 saturated carbocycles. The minimum absolute atomic E-state index is 0.118. The van der Waals surface area contributed by atoms with E-state index in [9.17, 15) is 14.0 Å². The Morgan fingerprint density at radius 1 is 1.55 bits per heavy atom. The summed E-state index contributed by atoms with van der Waals surface area (Å²) in [7, 11) is 0. The molecule has 114 valence electrons. The second-order valence-corrected chi connectivity index (χ2v) is 4.49. The molecular weight excluding hydrogens is 293 g/mol. The molecule has 0 bridgehead atoms. The summed E-state index contributed by atoms with van der Waals surface area (Å²) >= 11 is 0. The van der Waals surface area contributed by atoms with Crippen molar-refractivity contribution in [2.45, 2.75) is 6.92 Å². The van der Waals surface area contributed by atoms with Gasteiger partial charge in [0.1, 0.15) is 22.8 Å². The molecule has 1 aromatic heterocycles. The number of benzene rings is 1. The third-order valence-corrected chi connectivity index (χ3v) is 3.03. The van der Waals surface area contributed by atoms with E-state index in [0.717, 1.165) is 6.07 Å². The SMILES string of the molecule is CCOC(=O)c1cnn2c1NC(=O)COc1cc(F)ccc1-2. The number of rotatable bonds is 2. The molecule has 2 aromatic rings. The van der Waals surface area contributed by atoms with E-state index in [1.54, 1.807) is 6.92 Å². The summed E-state index contributed by atoms with van der Waals surface area (Å²) in [6.45, 7) is 1.57. The summed E-state index contributed by atoms with van der Waals surface area (Å²) in [6.07, 6.45) is 1.28. The van der Waals surface area contributed by atoms with Crippen LogP contribution >= 0.6 is 0 Å². The molecular formula is C14H12FN3O4. The van der Waals surface area contributed by atoms with Crippen molar-refractivity contribution in [3.8, 4) is 11.4 Å². The first-order valence-electron chi connectivity index (χ1n) is 6.58. The number of ether oxygens (including phenoxy) is 2. The van der Waals surface area contributed by atoms with Gasteiger partial charge in [-0.15, -0.1) is 0 Å². The van der Waals surface area contributed by atoms with Crippen LogP contribution in [0.15, 0.2) is 24.4 Å². The van der Waals surface area contributed by atoms with E-state index in [1.165, 1.54) is 23.0 Å². The summed E-state index contributed by atoms with van der Waals surface area (Å²) in [5, 5.41) is 6.61. The zero-order valence-corrected chi connectivity index (χ0v) is 11.6. The molecule has 7 nitrogen and oxygen atoms in total. The summed E-state index contributed by atoms with van der Waals surface area (Å²) in [6, 6.07) is 3.85. The van der Waals surface area contributed by atoms with E-state index in [-0.39, 0.29) is 30.3 Å². The van der Waals surface area contributed by atoms with Crippen LogP contribution in [0.4, 0.5) is 10.2 Å². The highest BCUT2D eigenvalue weighted by Gasteiger charge is 2.25. The Labute approximate surface area is 124 Å². The lowest BCUT2D eigenvalue weighted by molar-refractivity contribution is -0.118. The molecule has 1 N–H and O–H groups in total. The number of carbonyl (C=O) groups is 2. The van der Waals surface area contributed by atoms with Crippen LogP contribution in [0, 0.1) is 5.82 Å². The van der Waals surface area contributed by atoms with Crippen molar-refractivity contribution in [3.63, 3.8) is 0 Å². The number of hydrogen-bond donors (Lipinski definition) is 1. The Morgan fingerprint density at radius 3 is 3.14 bits per heavy atom. The molecule has 0 fully saturated rings. The molecule has 0 atom stereocenters. The highest BCUT2D eigenvalue weighted by atomic mass is 19.1. The fraction of sp³-hybridized carbons (Fsp3) is 0.214. The highest BCUT2D eigenvalue weighted by molar-refractivity contribution is 6.01. The number of aromatic nitrogens is 2. The van der Waals surface area contributed by atoms with E-state index < -0.39 is 17.7 Å². The number of nitrogens with one attached hydrogen (secondary N) is 1. The molecule has 1 amide bonds. The largest absolute Gasteiger partial charge is 0.481 e. The highest BCUT2D eigenvalue weighted by Crippen LogP contribution is 2.30. The van der Waals surface area contributed by atoms with Crippen LogP contribution in [0.25, 0.3) is 5.69 Å². The third kappa shape index (κ3) is 2.39. The predicted octanol–water partition coefficient (Wildman–Crippen LogP) is 1.52. The van der Waals surface area contributed by atoms with Crippen molar-refractivity contribution in [2.24, 2.45) is 0 Å². The zero-order chi connectivity index (χ0) is 15.7. The number of esters is 1. The van der Waals surface area contributed by atoms with Gasteiger partial charge in [0, 0.05) is 6.07 Å². The fourth-order valence-corrected chi connectivity index (χ4v) is 2.10. The van der Waals surface area contributed by atoms with Gasteiger partial charge in [-0.2, -0.15) is 5.10 Å². The lowest BCUT2D eigenvalue weighted by Crippen LogP contribution is -2.26. The van der Waals surface area contributed by atoms with Crippen LogP contribution in [-0.4, -0.2) is 34.9 Å². The van der Waals surface area contributed by atoms with Crippen molar-refractivity contribution >= 4 is 17.7 Å². The van der Waals surface area contributed by atoms with Gasteiger partial charge in [0.15, 0.2) is 12.4 Å². The maximum absolute atomic E-state index is 13.4. The second kappa shape index (κ2) is 5.47. The molecule has 0 radical (unpaired) electrons. The van der Waals surface area contributed by atoms with Gasteiger partial charge in [-0.25, -0.2) is 13.9 Å². The van der Waals surface area contributed by atoms with E-state index in [4.69, 9.17) is 9.47 Å². The number of carbonyl (C=O) groups excluding carboxylic acids is 2. The Balaban J connectivity index is 2.16. The van der Waals surface area contributed by atoms with E-state index in [1.807, 2.05) is 0 Å². The number of fused-ring (bicyclic) bond motifs is 3. The Kier molecular flexibility index (Phi) is 3.50. The molecule has 0 unspecified atom stereocenters. The first kappa shape index (κ1) is 14.1. The van der Waals surface area contributed by atoms with Gasteiger partial charge in [0.2, 0.25) is 0 Å². The van der Waals surface area contributed by atoms with Gasteiger partial charge >= 0.3 is 5.97 Å². The first-order valence-corrected chi connectivity index (χ1v) is 6.58. The topological polar surface area (TPSA) is 82.5 Å². The van der Waals surface area contributed by atoms with Crippen molar-refractivity contribution in [1.29, 1.82) is 0 Å². The normalized spacial score (nSPS) is 13.1. The first-order chi connectivity index (χ1) is 10.6. The van der Waals surface area contributed by atoms with Gasteiger partial charge in [0.05, 0.1) is 12.8 Å². The summed E-state index contributed by atoms with van der Waals surface area (Å²) in [5.41, 5.74) is 0.527. The van der Waals surface area contributed by atoms with Crippen molar-refractivity contribution in [2.75, 3.05) is 18.5 Å². The molecule has 0 spiro atoms. The Morgan fingerprint density at radius 2 is 2.36 bits per heavy atom. The van der Waals surface area contributed by atoms with Crippen LogP contribution in [0.5, 0.6) is 5.75 Å². The minimum atomic E-state index is -0.603. The van der Waals surface area contributed by atoms with Gasteiger partial charge in [0.25, 0.3) is 5.91 Å². The van der Waals surface area contributed by atoms with Crippen molar-refractivity contribution in [1.82, 2.24) is 9.78 Å². The van der Waals surface area contributed by atoms with Gasteiger partial charge in [-0.3, -0.25) is 4.79 Å². The van der Waals surface area contributed by atoms with E-state index in [2.05, 4.69) is 10.4 Å². The molecule has 2 heterocycles. The lowest BCUT2D eigenvalue weighted by atomic mass is 10.2. The Hall–Kier alpha value is -2.90. The number of anilines is 1. The Bertz CT molecular complexity index is 757. The molecule has 1 aliphatic heterocycles. The number of amides is 1. The number of halogens is 1. The van der Waals surface area contributed by atoms with E-state index in [0.29, 0.717) is 5.69 Å². The second-order valence-electron chi connectivity index (χ2n) is 4.49. The van der Waals surface area contributed by atoms with Gasteiger partial charge < -0.3 is 14.8 Å². The van der Waals surface area contributed by atoms with Crippen LogP contribution in [0.3, 0.4) is 0 Å². The molecule has 8 heteroatoms. The minimum Gasteiger partial charge on any atom is -0.481 e. The van der Waals surface area contributed by atoms with Gasteiger partial charge in [-0.1, -0.05) is 0 Å². The molecule has 1 aliphatic rings. The maximum Gasteiger partial charge on any atom is 0.343 e. The quantitative estimate of drug-likeness (QED) is 0.851. The summed E-state index contributed by atoms with van der Waals surface area (Å²) < 4.78 is 24.9. The standard InChI is InChI=1S/C14H12FN3O4/c1-2-21-14(20)9-6-16-18-10-4-3-8(15)5-11(10)22-7-12(19)17-13(9)18/h3-6H,2,7H2,1H3,(H,17,19). The monoisotopic (exact) mass is 305 g/mol. The summed E-state index contributed by atoms with van der Waals surface area (Å²) in [4.78, 5) is 23.7. The van der Waals surface area contributed by atoms with Crippen molar-refractivity contribution in [3.05, 3.63) is 35.8 Å².